The van der Waals surface area contributed by atoms with E-state index in [4.69, 9.17) is 4.74 Å². The average molecular weight is 434 g/mol. The molecule has 2 aromatic carbocycles. The van der Waals surface area contributed by atoms with Gasteiger partial charge < -0.3 is 15.0 Å². The van der Waals surface area contributed by atoms with Gasteiger partial charge in [0.05, 0.1) is 11.1 Å². The monoisotopic (exact) mass is 434 g/mol. The van der Waals surface area contributed by atoms with Crippen molar-refractivity contribution in [2.45, 2.75) is 38.9 Å². The molecule has 166 valence electrons. The summed E-state index contributed by atoms with van der Waals surface area (Å²) < 4.78 is 45.1. The number of likely N-dealkylation sites (tertiary alicyclic amines) is 1. The minimum absolute atomic E-state index is 0.0831. The molecule has 31 heavy (non-hydrogen) atoms. The number of carbonyl (C=O) groups excluding carboxylic acids is 2. The highest BCUT2D eigenvalue weighted by Gasteiger charge is 2.35. The third kappa shape index (κ3) is 5.57. The summed E-state index contributed by atoms with van der Waals surface area (Å²) in [5, 5.41) is 2.67. The van der Waals surface area contributed by atoms with E-state index in [0.29, 0.717) is 31.7 Å². The Bertz CT molecular complexity index is 951. The lowest BCUT2D eigenvalue weighted by molar-refractivity contribution is -0.138. The highest BCUT2D eigenvalue weighted by atomic mass is 19.4. The lowest BCUT2D eigenvalue weighted by Crippen LogP contribution is -2.47. The van der Waals surface area contributed by atoms with Gasteiger partial charge in [0.1, 0.15) is 5.75 Å². The van der Waals surface area contributed by atoms with E-state index in [9.17, 15) is 22.8 Å². The number of nitrogens with one attached hydrogen (secondary N) is 1. The molecule has 0 spiro atoms. The Labute approximate surface area is 179 Å². The van der Waals surface area contributed by atoms with Crippen LogP contribution in [0.15, 0.2) is 42.5 Å². The molecule has 0 radical (unpaired) electrons. The number of hydrogen-bond donors (Lipinski definition) is 1. The van der Waals surface area contributed by atoms with E-state index in [1.54, 1.807) is 4.90 Å². The lowest BCUT2D eigenvalue weighted by atomic mass is 10.0. The van der Waals surface area contributed by atoms with Crippen molar-refractivity contribution in [1.82, 2.24) is 10.2 Å². The molecule has 1 aliphatic rings. The van der Waals surface area contributed by atoms with Gasteiger partial charge in [-0.25, -0.2) is 0 Å². The van der Waals surface area contributed by atoms with Gasteiger partial charge in [0.15, 0.2) is 6.61 Å². The van der Waals surface area contributed by atoms with E-state index in [-0.39, 0.29) is 18.6 Å². The normalized spacial score (nSPS) is 14.9. The van der Waals surface area contributed by atoms with Crippen molar-refractivity contribution >= 4 is 11.8 Å². The number of ether oxygens (including phenoxy) is 1. The van der Waals surface area contributed by atoms with E-state index in [0.717, 1.165) is 17.2 Å². The SMILES string of the molecule is Cc1cccc(OCC(=O)N2CCC(NC(=O)c3ccccc3C(F)(F)F)CC2)c1C. The van der Waals surface area contributed by atoms with E-state index < -0.39 is 23.2 Å². The molecule has 0 atom stereocenters. The number of hydrogen-bond acceptors (Lipinski definition) is 3. The number of piperidine rings is 1. The molecule has 1 N–H and O–H groups in total. The number of amides is 2. The van der Waals surface area contributed by atoms with Gasteiger partial charge in [0.25, 0.3) is 11.8 Å². The average Bonchev–Trinajstić information content (AvgIpc) is 2.74. The summed E-state index contributed by atoms with van der Waals surface area (Å²) in [5.74, 6) is -0.247. The number of carbonyl (C=O) groups is 2. The second-order valence-corrected chi connectivity index (χ2v) is 7.66. The largest absolute Gasteiger partial charge is 0.483 e. The molecule has 5 nitrogen and oxygen atoms in total. The molecule has 0 bridgehead atoms. The predicted octanol–water partition coefficient (Wildman–Crippen LogP) is 4.12. The van der Waals surface area contributed by atoms with Gasteiger partial charge in [0, 0.05) is 19.1 Å². The molecule has 2 aromatic rings. The molecule has 0 aromatic heterocycles. The van der Waals surface area contributed by atoms with E-state index in [1.165, 1.54) is 18.2 Å². The van der Waals surface area contributed by atoms with E-state index in [1.807, 2.05) is 32.0 Å². The Balaban J connectivity index is 1.51. The van der Waals surface area contributed by atoms with E-state index in [2.05, 4.69) is 5.32 Å². The smallest absolute Gasteiger partial charge is 0.417 e. The molecule has 3 rings (SSSR count). The number of alkyl halides is 3. The Morgan fingerprint density at radius 1 is 1.06 bits per heavy atom. The van der Waals surface area contributed by atoms with Gasteiger partial charge >= 0.3 is 6.18 Å². The van der Waals surface area contributed by atoms with Crippen LogP contribution in [0.4, 0.5) is 13.2 Å². The number of benzene rings is 2. The third-order valence-corrected chi connectivity index (χ3v) is 5.57. The molecule has 0 unspecified atom stereocenters. The van der Waals surface area contributed by atoms with Gasteiger partial charge in [-0.3, -0.25) is 9.59 Å². The molecule has 8 heteroatoms. The second kappa shape index (κ2) is 9.41. The zero-order valence-corrected chi connectivity index (χ0v) is 17.5. The first-order valence-electron chi connectivity index (χ1n) is 10.1. The Hall–Kier alpha value is -3.03. The quantitative estimate of drug-likeness (QED) is 0.770. The van der Waals surface area contributed by atoms with Crippen LogP contribution in [0.5, 0.6) is 5.75 Å². The summed E-state index contributed by atoms with van der Waals surface area (Å²) in [6.07, 6.45) is -3.66. The van der Waals surface area contributed by atoms with Crippen molar-refractivity contribution in [1.29, 1.82) is 0 Å². The van der Waals surface area contributed by atoms with Crippen molar-refractivity contribution in [2.24, 2.45) is 0 Å². The van der Waals surface area contributed by atoms with Gasteiger partial charge in [-0.2, -0.15) is 13.2 Å². The van der Waals surface area contributed by atoms with Crippen molar-refractivity contribution in [3.8, 4) is 5.75 Å². The highest BCUT2D eigenvalue weighted by Crippen LogP contribution is 2.32. The maximum atomic E-state index is 13.1. The van der Waals surface area contributed by atoms with Crippen molar-refractivity contribution in [3.05, 3.63) is 64.7 Å². The number of aryl methyl sites for hydroxylation is 1. The van der Waals surface area contributed by atoms with E-state index >= 15 is 0 Å². The first-order chi connectivity index (χ1) is 14.7. The summed E-state index contributed by atoms with van der Waals surface area (Å²) in [6.45, 7) is 4.62. The molecule has 2 amide bonds. The fourth-order valence-electron chi connectivity index (χ4n) is 3.58. The Morgan fingerprint density at radius 2 is 1.74 bits per heavy atom. The first-order valence-corrected chi connectivity index (χ1v) is 10.1. The minimum atomic E-state index is -4.60. The van der Waals surface area contributed by atoms with Crippen LogP contribution in [-0.4, -0.2) is 42.5 Å². The van der Waals surface area contributed by atoms with Gasteiger partial charge in [-0.1, -0.05) is 24.3 Å². The molecule has 0 saturated carbocycles. The fourth-order valence-corrected chi connectivity index (χ4v) is 3.58. The molecule has 1 aliphatic heterocycles. The first kappa shape index (κ1) is 22.7. The van der Waals surface area contributed by atoms with Crippen LogP contribution in [-0.2, 0) is 11.0 Å². The van der Waals surface area contributed by atoms with Crippen LogP contribution in [0.1, 0.15) is 39.9 Å². The zero-order valence-electron chi connectivity index (χ0n) is 17.5. The van der Waals surface area contributed by atoms with Crippen LogP contribution in [0.3, 0.4) is 0 Å². The zero-order chi connectivity index (χ0) is 22.6. The predicted molar refractivity (Wildman–Crippen MR) is 110 cm³/mol. The maximum Gasteiger partial charge on any atom is 0.417 e. The van der Waals surface area contributed by atoms with Crippen LogP contribution >= 0.6 is 0 Å². The van der Waals surface area contributed by atoms with Crippen LogP contribution in [0.25, 0.3) is 0 Å². The van der Waals surface area contributed by atoms with Crippen LogP contribution in [0, 0.1) is 13.8 Å². The second-order valence-electron chi connectivity index (χ2n) is 7.66. The third-order valence-electron chi connectivity index (χ3n) is 5.57. The standard InChI is InChI=1S/C23H25F3N2O3/c1-15-6-5-9-20(16(15)2)31-14-21(29)28-12-10-17(11-13-28)27-22(30)18-7-3-4-8-19(18)23(24,25)26/h3-9,17H,10-14H2,1-2H3,(H,27,30). The molecule has 1 saturated heterocycles. The summed E-state index contributed by atoms with van der Waals surface area (Å²) in [6, 6.07) is 10.1. The van der Waals surface area contributed by atoms with Crippen molar-refractivity contribution in [3.63, 3.8) is 0 Å². The van der Waals surface area contributed by atoms with Crippen molar-refractivity contribution < 1.29 is 27.5 Å². The number of nitrogens with zero attached hydrogens (tertiary/aromatic N) is 1. The van der Waals surface area contributed by atoms with Crippen LogP contribution < -0.4 is 10.1 Å². The Morgan fingerprint density at radius 3 is 2.42 bits per heavy atom. The Kier molecular flexibility index (Phi) is 6.87. The summed E-state index contributed by atoms with van der Waals surface area (Å²) in [4.78, 5) is 26.5. The molecule has 0 aliphatic carbocycles. The summed E-state index contributed by atoms with van der Waals surface area (Å²) >= 11 is 0. The topological polar surface area (TPSA) is 58.6 Å². The molecular formula is C23H25F3N2O3. The number of rotatable bonds is 5. The minimum Gasteiger partial charge on any atom is -0.483 e. The van der Waals surface area contributed by atoms with Gasteiger partial charge in [-0.15, -0.1) is 0 Å². The molecule has 1 fully saturated rings. The van der Waals surface area contributed by atoms with Gasteiger partial charge in [-0.05, 0) is 56.0 Å². The lowest BCUT2D eigenvalue weighted by Gasteiger charge is -2.32. The molecular weight excluding hydrogens is 409 g/mol. The molecule has 1 heterocycles. The van der Waals surface area contributed by atoms with Crippen LogP contribution in [0.2, 0.25) is 0 Å². The number of halogens is 3. The van der Waals surface area contributed by atoms with Gasteiger partial charge in [0.2, 0.25) is 0 Å². The highest BCUT2D eigenvalue weighted by molar-refractivity contribution is 5.96. The maximum absolute atomic E-state index is 13.1. The fraction of sp³-hybridized carbons (Fsp3) is 0.391. The summed E-state index contributed by atoms with van der Waals surface area (Å²) in [7, 11) is 0. The summed E-state index contributed by atoms with van der Waals surface area (Å²) in [5.41, 5.74) is 0.712. The van der Waals surface area contributed by atoms with Crippen molar-refractivity contribution in [2.75, 3.05) is 19.7 Å².